The summed E-state index contributed by atoms with van der Waals surface area (Å²) in [5.41, 5.74) is 0.350. The Balaban J connectivity index is 2.00. The van der Waals surface area contributed by atoms with Gasteiger partial charge in [-0.3, -0.25) is 4.79 Å². The molecule has 1 heterocycles. The predicted molar refractivity (Wildman–Crippen MR) is 123 cm³/mol. The third kappa shape index (κ3) is 7.15. The van der Waals surface area contributed by atoms with E-state index in [1.54, 1.807) is 9.80 Å². The van der Waals surface area contributed by atoms with Gasteiger partial charge in [0, 0.05) is 36.9 Å². The molecule has 1 fully saturated rings. The highest BCUT2D eigenvalue weighted by Gasteiger charge is 2.35. The first-order valence-corrected chi connectivity index (χ1v) is 11.0. The van der Waals surface area contributed by atoms with Gasteiger partial charge in [0.25, 0.3) is 0 Å². The number of nitrogens with zero attached hydrogens (tertiary/aromatic N) is 2. The van der Waals surface area contributed by atoms with Gasteiger partial charge >= 0.3 is 12.1 Å². The van der Waals surface area contributed by atoms with Crippen molar-refractivity contribution in [3.63, 3.8) is 0 Å². The van der Waals surface area contributed by atoms with E-state index >= 15 is 0 Å². The van der Waals surface area contributed by atoms with Gasteiger partial charge in [-0.2, -0.15) is 0 Å². The van der Waals surface area contributed by atoms with E-state index < -0.39 is 6.04 Å². The van der Waals surface area contributed by atoms with E-state index in [0.717, 1.165) is 12.1 Å². The maximum Gasteiger partial charge on any atom is 0.322 e. The van der Waals surface area contributed by atoms with Crippen LogP contribution >= 0.6 is 0 Å². The minimum atomic E-state index is -0.607. The van der Waals surface area contributed by atoms with Gasteiger partial charge in [0.05, 0.1) is 0 Å². The molecule has 1 aromatic rings. The van der Waals surface area contributed by atoms with Gasteiger partial charge in [-0.15, -0.1) is 0 Å². The Bertz CT molecular complexity index is 762. The third-order valence-electron chi connectivity index (χ3n) is 5.48. The van der Waals surface area contributed by atoms with Crippen molar-refractivity contribution >= 4 is 23.7 Å². The van der Waals surface area contributed by atoms with Crippen molar-refractivity contribution in [2.45, 2.75) is 65.6 Å². The summed E-state index contributed by atoms with van der Waals surface area (Å²) in [6.45, 7) is 12.9. The fourth-order valence-corrected chi connectivity index (χ4v) is 3.57. The molecule has 31 heavy (non-hydrogen) atoms. The molecular formula is C23H37N5O3. The Kier molecular flexibility index (Phi) is 8.30. The number of nitrogens with one attached hydrogen (secondary N) is 3. The molecule has 0 bridgehead atoms. The summed E-state index contributed by atoms with van der Waals surface area (Å²) >= 11 is 0. The second-order valence-electron chi connectivity index (χ2n) is 9.33. The van der Waals surface area contributed by atoms with Gasteiger partial charge < -0.3 is 25.8 Å². The number of para-hydroxylation sites is 1. The highest BCUT2D eigenvalue weighted by Crippen LogP contribution is 2.17. The summed E-state index contributed by atoms with van der Waals surface area (Å²) in [5, 5.41) is 8.63. The standard InChI is InChI=1S/C23H37N5O3/c1-7-16(2)19(25-21(30)26-23(4,5)6)20(29)27-13-14-28(17(3)15-27)22(31)24-18-11-9-8-10-12-18/h8-12,16-17,19H,7,13-15H2,1-6H3,(H,24,31)(H2,25,26,30). The topological polar surface area (TPSA) is 93.8 Å². The number of rotatable bonds is 5. The molecule has 5 amide bonds. The Morgan fingerprint density at radius 3 is 2.32 bits per heavy atom. The monoisotopic (exact) mass is 431 g/mol. The second kappa shape index (κ2) is 10.5. The maximum atomic E-state index is 13.3. The Labute approximate surface area is 185 Å². The normalized spacial score (nSPS) is 18.7. The molecule has 8 heteroatoms. The first kappa shape index (κ1) is 24.5. The lowest BCUT2D eigenvalue weighted by molar-refractivity contribution is -0.136. The van der Waals surface area contributed by atoms with Crippen LogP contribution in [0.25, 0.3) is 0 Å². The minimum absolute atomic E-state index is 0.00654. The number of carbonyl (C=O) groups is 3. The highest BCUT2D eigenvalue weighted by atomic mass is 16.2. The molecule has 0 saturated carbocycles. The fourth-order valence-electron chi connectivity index (χ4n) is 3.57. The Morgan fingerprint density at radius 2 is 1.77 bits per heavy atom. The van der Waals surface area contributed by atoms with Crippen LogP contribution in [0.15, 0.2) is 30.3 Å². The molecule has 0 aromatic heterocycles. The summed E-state index contributed by atoms with van der Waals surface area (Å²) in [7, 11) is 0. The molecule has 3 N–H and O–H groups in total. The molecule has 0 radical (unpaired) electrons. The lowest BCUT2D eigenvalue weighted by Gasteiger charge is -2.41. The number of anilines is 1. The van der Waals surface area contributed by atoms with Gasteiger partial charge in [-0.25, -0.2) is 9.59 Å². The molecule has 2 rings (SSSR count). The van der Waals surface area contributed by atoms with Crippen molar-refractivity contribution in [2.24, 2.45) is 5.92 Å². The summed E-state index contributed by atoms with van der Waals surface area (Å²) < 4.78 is 0. The molecule has 0 aliphatic carbocycles. The van der Waals surface area contributed by atoms with Crippen molar-refractivity contribution < 1.29 is 14.4 Å². The molecule has 1 aromatic carbocycles. The highest BCUT2D eigenvalue weighted by molar-refractivity contribution is 5.90. The van der Waals surface area contributed by atoms with Crippen molar-refractivity contribution in [1.82, 2.24) is 20.4 Å². The van der Waals surface area contributed by atoms with Crippen LogP contribution in [-0.2, 0) is 4.79 Å². The van der Waals surface area contributed by atoms with Gasteiger partial charge in [-0.05, 0) is 45.7 Å². The van der Waals surface area contributed by atoms with E-state index in [4.69, 9.17) is 0 Å². The SMILES string of the molecule is CCC(C)C(NC(=O)NC(C)(C)C)C(=O)N1CCN(C(=O)Nc2ccccc2)C(C)C1. The number of hydrogen-bond donors (Lipinski definition) is 3. The molecule has 172 valence electrons. The van der Waals surface area contributed by atoms with Crippen molar-refractivity contribution in [1.29, 1.82) is 0 Å². The molecule has 1 aliphatic heterocycles. The molecule has 3 unspecified atom stereocenters. The second-order valence-corrected chi connectivity index (χ2v) is 9.33. The van der Waals surface area contributed by atoms with Gasteiger partial charge in [-0.1, -0.05) is 38.5 Å². The summed E-state index contributed by atoms with van der Waals surface area (Å²) in [5.74, 6) is -0.110. The first-order valence-electron chi connectivity index (χ1n) is 11.0. The molecule has 1 saturated heterocycles. The van der Waals surface area contributed by atoms with E-state index in [0.29, 0.717) is 19.6 Å². The zero-order chi connectivity index (χ0) is 23.2. The van der Waals surface area contributed by atoms with E-state index in [1.807, 2.05) is 71.9 Å². The molecule has 0 spiro atoms. The average molecular weight is 432 g/mol. The van der Waals surface area contributed by atoms with Crippen molar-refractivity contribution in [2.75, 3.05) is 25.0 Å². The molecule has 8 nitrogen and oxygen atoms in total. The lowest BCUT2D eigenvalue weighted by Crippen LogP contribution is -2.61. The lowest BCUT2D eigenvalue weighted by atomic mass is 9.97. The minimum Gasteiger partial charge on any atom is -0.337 e. The van der Waals surface area contributed by atoms with Crippen LogP contribution in [0.2, 0.25) is 0 Å². The summed E-state index contributed by atoms with van der Waals surface area (Å²) in [6.07, 6.45) is 0.765. The fraction of sp³-hybridized carbons (Fsp3) is 0.609. The van der Waals surface area contributed by atoms with Crippen LogP contribution in [0, 0.1) is 5.92 Å². The predicted octanol–water partition coefficient (Wildman–Crippen LogP) is 3.26. The van der Waals surface area contributed by atoms with Crippen molar-refractivity contribution in [3.05, 3.63) is 30.3 Å². The maximum absolute atomic E-state index is 13.3. The van der Waals surface area contributed by atoms with E-state index in [9.17, 15) is 14.4 Å². The summed E-state index contributed by atoms with van der Waals surface area (Å²) in [4.78, 5) is 41.8. The van der Waals surface area contributed by atoms with Crippen LogP contribution in [-0.4, -0.2) is 65.0 Å². The first-order chi connectivity index (χ1) is 14.5. The smallest absolute Gasteiger partial charge is 0.322 e. The number of amides is 5. The zero-order valence-electron chi connectivity index (χ0n) is 19.6. The van der Waals surface area contributed by atoms with Crippen LogP contribution < -0.4 is 16.0 Å². The van der Waals surface area contributed by atoms with Crippen LogP contribution in [0.5, 0.6) is 0 Å². The Hall–Kier alpha value is -2.77. The largest absolute Gasteiger partial charge is 0.337 e. The van der Waals surface area contributed by atoms with Crippen LogP contribution in [0.4, 0.5) is 15.3 Å². The number of benzene rings is 1. The average Bonchev–Trinajstić information content (AvgIpc) is 2.70. The van der Waals surface area contributed by atoms with E-state index in [2.05, 4.69) is 16.0 Å². The number of urea groups is 2. The zero-order valence-corrected chi connectivity index (χ0v) is 19.6. The number of hydrogen-bond acceptors (Lipinski definition) is 3. The van der Waals surface area contributed by atoms with E-state index in [1.165, 1.54) is 0 Å². The third-order valence-corrected chi connectivity index (χ3v) is 5.48. The number of carbonyl (C=O) groups excluding carboxylic acids is 3. The van der Waals surface area contributed by atoms with Gasteiger partial charge in [0.15, 0.2) is 0 Å². The molecule has 3 atom stereocenters. The van der Waals surface area contributed by atoms with Crippen LogP contribution in [0.3, 0.4) is 0 Å². The van der Waals surface area contributed by atoms with Gasteiger partial charge in [0.1, 0.15) is 6.04 Å². The molecular weight excluding hydrogens is 394 g/mol. The Morgan fingerprint density at radius 1 is 1.13 bits per heavy atom. The van der Waals surface area contributed by atoms with E-state index in [-0.39, 0.29) is 35.5 Å². The number of piperazine rings is 1. The summed E-state index contributed by atoms with van der Waals surface area (Å²) in [6, 6.07) is 8.05. The van der Waals surface area contributed by atoms with Crippen molar-refractivity contribution in [3.8, 4) is 0 Å². The molecule has 1 aliphatic rings. The quantitative estimate of drug-likeness (QED) is 0.668. The van der Waals surface area contributed by atoms with Gasteiger partial charge in [0.2, 0.25) is 5.91 Å². The van der Waals surface area contributed by atoms with Crippen LogP contribution in [0.1, 0.15) is 48.0 Å².